The molecular formula is C23H20N4O3S. The van der Waals surface area contributed by atoms with E-state index in [1.54, 1.807) is 24.5 Å². The van der Waals surface area contributed by atoms with E-state index < -0.39 is 11.5 Å². The van der Waals surface area contributed by atoms with Crippen molar-refractivity contribution in [2.75, 3.05) is 5.32 Å². The van der Waals surface area contributed by atoms with Gasteiger partial charge in [-0.1, -0.05) is 36.4 Å². The Bertz CT molecular complexity index is 1220. The number of nitrogens with zero attached hydrogens (tertiary/aromatic N) is 3. The average Bonchev–Trinajstić information content (AvgIpc) is 3.35. The zero-order valence-electron chi connectivity index (χ0n) is 16.8. The van der Waals surface area contributed by atoms with E-state index in [9.17, 15) is 9.59 Å². The molecule has 156 valence electrons. The molecule has 0 aliphatic rings. The average molecular weight is 433 g/mol. The Morgan fingerprint density at radius 1 is 1.13 bits per heavy atom. The molecule has 0 fully saturated rings. The van der Waals surface area contributed by atoms with E-state index in [0.29, 0.717) is 17.9 Å². The summed E-state index contributed by atoms with van der Waals surface area (Å²) in [6.45, 7) is 2.28. The Morgan fingerprint density at radius 3 is 2.65 bits per heavy atom. The van der Waals surface area contributed by atoms with Crippen molar-refractivity contribution in [1.29, 1.82) is 0 Å². The minimum absolute atomic E-state index is 0.0900. The predicted molar refractivity (Wildman–Crippen MR) is 121 cm³/mol. The van der Waals surface area contributed by atoms with Gasteiger partial charge in [-0.05, 0) is 36.1 Å². The second-order valence-electron chi connectivity index (χ2n) is 6.63. The maximum atomic E-state index is 13.2. The molecule has 4 rings (SSSR count). The van der Waals surface area contributed by atoms with Crippen LogP contribution in [0.3, 0.4) is 0 Å². The lowest BCUT2D eigenvalue weighted by molar-refractivity contribution is 0.0474. The third kappa shape index (κ3) is 4.54. The van der Waals surface area contributed by atoms with E-state index >= 15 is 0 Å². The highest BCUT2D eigenvalue weighted by molar-refractivity contribution is 7.13. The number of hydrogen-bond acceptors (Lipinski definition) is 7. The van der Waals surface area contributed by atoms with E-state index in [1.807, 2.05) is 54.8 Å². The third-order valence-corrected chi connectivity index (χ3v) is 5.43. The number of aromatic nitrogens is 3. The SMILES string of the molecule is CCn1nc(-c2cccs2)c(C(=O)OCc2ccccc2)c(Nc2cccnc2)c1=O. The van der Waals surface area contributed by atoms with Crippen LogP contribution in [0.4, 0.5) is 11.4 Å². The molecule has 3 aromatic heterocycles. The normalized spacial score (nSPS) is 10.6. The van der Waals surface area contributed by atoms with Crippen molar-refractivity contribution in [2.45, 2.75) is 20.1 Å². The molecule has 0 bridgehead atoms. The first kappa shape index (κ1) is 20.5. The van der Waals surface area contributed by atoms with E-state index in [4.69, 9.17) is 4.74 Å². The van der Waals surface area contributed by atoms with E-state index in [-0.39, 0.29) is 17.9 Å². The number of esters is 1. The number of aryl methyl sites for hydroxylation is 1. The van der Waals surface area contributed by atoms with Crippen LogP contribution in [0.5, 0.6) is 0 Å². The summed E-state index contributed by atoms with van der Waals surface area (Å²) in [5.41, 5.74) is 1.66. The number of anilines is 2. The van der Waals surface area contributed by atoms with Gasteiger partial charge in [0, 0.05) is 12.7 Å². The lowest BCUT2D eigenvalue weighted by Crippen LogP contribution is -2.29. The quantitative estimate of drug-likeness (QED) is 0.433. The molecule has 1 aromatic carbocycles. The van der Waals surface area contributed by atoms with Gasteiger partial charge in [0.25, 0.3) is 5.56 Å². The zero-order valence-corrected chi connectivity index (χ0v) is 17.6. The van der Waals surface area contributed by atoms with Crippen molar-refractivity contribution in [3.8, 4) is 10.6 Å². The summed E-state index contributed by atoms with van der Waals surface area (Å²) in [4.78, 5) is 31.2. The Labute approximate surface area is 183 Å². The van der Waals surface area contributed by atoms with Gasteiger partial charge in [0.15, 0.2) is 0 Å². The Kier molecular flexibility index (Phi) is 6.18. The highest BCUT2D eigenvalue weighted by atomic mass is 32.1. The highest BCUT2D eigenvalue weighted by Gasteiger charge is 2.26. The molecule has 0 saturated carbocycles. The second-order valence-corrected chi connectivity index (χ2v) is 7.57. The molecule has 0 radical (unpaired) electrons. The number of benzene rings is 1. The molecule has 8 heteroatoms. The monoisotopic (exact) mass is 432 g/mol. The summed E-state index contributed by atoms with van der Waals surface area (Å²) < 4.78 is 6.92. The number of rotatable bonds is 7. The molecule has 4 aromatic rings. The van der Waals surface area contributed by atoms with Crippen LogP contribution in [-0.2, 0) is 17.9 Å². The van der Waals surface area contributed by atoms with E-state index in [0.717, 1.165) is 10.4 Å². The molecular weight excluding hydrogens is 412 g/mol. The van der Waals surface area contributed by atoms with Gasteiger partial charge in [0.05, 0.1) is 16.8 Å². The van der Waals surface area contributed by atoms with Crippen molar-refractivity contribution >= 4 is 28.7 Å². The van der Waals surface area contributed by atoms with Crippen molar-refractivity contribution in [1.82, 2.24) is 14.8 Å². The van der Waals surface area contributed by atoms with Gasteiger partial charge in [0.2, 0.25) is 0 Å². The fraction of sp³-hybridized carbons (Fsp3) is 0.130. The molecule has 0 aliphatic carbocycles. The predicted octanol–water partition coefficient (Wildman–Crippen LogP) is 4.49. The number of thiophene rings is 1. The first-order valence-corrected chi connectivity index (χ1v) is 10.6. The minimum Gasteiger partial charge on any atom is -0.457 e. The molecule has 0 amide bonds. The first-order chi connectivity index (χ1) is 15.2. The molecule has 0 aliphatic heterocycles. The summed E-state index contributed by atoms with van der Waals surface area (Å²) in [7, 11) is 0. The standard InChI is InChI=1S/C23H20N4O3S/c1-2-27-22(28)21(25-17-10-6-12-24-14-17)19(20(26-27)18-11-7-13-31-18)23(29)30-15-16-8-4-3-5-9-16/h3-14,25H,2,15H2,1H3. The molecule has 0 saturated heterocycles. The summed E-state index contributed by atoms with van der Waals surface area (Å²) in [6.07, 6.45) is 3.22. The van der Waals surface area contributed by atoms with Crippen molar-refractivity contribution in [3.63, 3.8) is 0 Å². The topological polar surface area (TPSA) is 86.1 Å². The summed E-state index contributed by atoms with van der Waals surface area (Å²) in [5.74, 6) is -0.619. The summed E-state index contributed by atoms with van der Waals surface area (Å²) in [6, 6.07) is 16.6. The van der Waals surface area contributed by atoms with Crippen LogP contribution >= 0.6 is 11.3 Å². The largest absolute Gasteiger partial charge is 0.457 e. The second kappa shape index (κ2) is 9.36. The van der Waals surface area contributed by atoms with E-state index in [2.05, 4.69) is 15.4 Å². The van der Waals surface area contributed by atoms with Gasteiger partial charge in [-0.25, -0.2) is 9.48 Å². The minimum atomic E-state index is -0.619. The Balaban J connectivity index is 1.82. The zero-order chi connectivity index (χ0) is 21.6. The van der Waals surface area contributed by atoms with Gasteiger partial charge in [-0.2, -0.15) is 5.10 Å². The van der Waals surface area contributed by atoms with Gasteiger partial charge in [-0.15, -0.1) is 11.3 Å². The molecule has 0 atom stereocenters. The number of carbonyl (C=O) groups is 1. The van der Waals surface area contributed by atoms with Crippen molar-refractivity contribution in [2.24, 2.45) is 0 Å². The molecule has 31 heavy (non-hydrogen) atoms. The lowest BCUT2D eigenvalue weighted by Gasteiger charge is -2.16. The molecule has 0 spiro atoms. The van der Waals surface area contributed by atoms with Crippen LogP contribution in [0, 0.1) is 0 Å². The maximum absolute atomic E-state index is 13.2. The Hall–Kier alpha value is -3.78. The maximum Gasteiger partial charge on any atom is 0.343 e. The van der Waals surface area contributed by atoms with Crippen molar-refractivity contribution in [3.05, 3.63) is 93.9 Å². The number of hydrogen-bond donors (Lipinski definition) is 1. The van der Waals surface area contributed by atoms with E-state index in [1.165, 1.54) is 16.0 Å². The summed E-state index contributed by atoms with van der Waals surface area (Å²) >= 11 is 1.44. The highest BCUT2D eigenvalue weighted by Crippen LogP contribution is 2.31. The van der Waals surface area contributed by atoms with Crippen LogP contribution in [0.25, 0.3) is 10.6 Å². The lowest BCUT2D eigenvalue weighted by atomic mass is 10.1. The third-order valence-electron chi connectivity index (χ3n) is 4.56. The Morgan fingerprint density at radius 2 is 1.97 bits per heavy atom. The first-order valence-electron chi connectivity index (χ1n) is 9.74. The van der Waals surface area contributed by atoms with Crippen LogP contribution in [0.2, 0.25) is 0 Å². The molecule has 1 N–H and O–H groups in total. The fourth-order valence-electron chi connectivity index (χ4n) is 3.06. The molecule has 0 unspecified atom stereocenters. The summed E-state index contributed by atoms with van der Waals surface area (Å²) in [5, 5.41) is 9.43. The number of pyridine rings is 1. The van der Waals surface area contributed by atoms with Gasteiger partial charge in [-0.3, -0.25) is 9.78 Å². The van der Waals surface area contributed by atoms with Crippen LogP contribution in [-0.4, -0.2) is 20.7 Å². The number of carbonyl (C=O) groups excluding carboxylic acids is 1. The molecule has 3 heterocycles. The van der Waals surface area contributed by atoms with Crippen LogP contribution < -0.4 is 10.9 Å². The number of nitrogens with one attached hydrogen (secondary N) is 1. The number of ether oxygens (including phenoxy) is 1. The smallest absolute Gasteiger partial charge is 0.343 e. The van der Waals surface area contributed by atoms with Crippen LogP contribution in [0.15, 0.2) is 77.2 Å². The van der Waals surface area contributed by atoms with Crippen molar-refractivity contribution < 1.29 is 9.53 Å². The molecule has 7 nitrogen and oxygen atoms in total. The van der Waals surface area contributed by atoms with Crippen LogP contribution in [0.1, 0.15) is 22.8 Å². The van der Waals surface area contributed by atoms with Gasteiger partial charge < -0.3 is 10.1 Å². The van der Waals surface area contributed by atoms with Gasteiger partial charge >= 0.3 is 5.97 Å². The fourth-order valence-corrected chi connectivity index (χ4v) is 3.78. The van der Waals surface area contributed by atoms with Gasteiger partial charge in [0.1, 0.15) is 23.6 Å².